The Bertz CT molecular complexity index is 561. The third-order valence-corrected chi connectivity index (χ3v) is 3.80. The number of benzene rings is 1. The lowest BCUT2D eigenvalue weighted by atomic mass is 9.98. The van der Waals surface area contributed by atoms with Gasteiger partial charge in [0.1, 0.15) is 6.04 Å². The van der Waals surface area contributed by atoms with Crippen molar-refractivity contribution in [3.8, 4) is 11.5 Å². The number of phenols is 2. The number of ether oxygens (including phenoxy) is 1. The number of aromatic hydroxyl groups is 2. The van der Waals surface area contributed by atoms with Crippen LogP contribution in [0.5, 0.6) is 11.5 Å². The van der Waals surface area contributed by atoms with Crippen LogP contribution in [0.3, 0.4) is 0 Å². The molecule has 0 heterocycles. The summed E-state index contributed by atoms with van der Waals surface area (Å²) in [4.78, 5) is 24.0. The van der Waals surface area contributed by atoms with Gasteiger partial charge >= 0.3 is 5.97 Å². The minimum absolute atomic E-state index is 0.0867. The summed E-state index contributed by atoms with van der Waals surface area (Å²) in [5.41, 5.74) is 6.46. The molecule has 0 aliphatic heterocycles. The molecule has 23 heavy (non-hydrogen) atoms. The summed E-state index contributed by atoms with van der Waals surface area (Å²) in [6.07, 6.45) is 0.856. The SMILES string of the molecule is CC[C@H](C)[C@H](NC(=O)[C@@H](N)Cc1ccc(O)c(O)c1)C(=O)OC. The molecule has 0 radical (unpaired) electrons. The number of carbonyl (C=O) groups is 2. The molecule has 7 heteroatoms. The van der Waals surface area contributed by atoms with E-state index in [2.05, 4.69) is 5.32 Å². The number of rotatable bonds is 7. The van der Waals surface area contributed by atoms with Crippen LogP contribution >= 0.6 is 0 Å². The Morgan fingerprint density at radius 1 is 1.30 bits per heavy atom. The largest absolute Gasteiger partial charge is 0.504 e. The number of esters is 1. The summed E-state index contributed by atoms with van der Waals surface area (Å²) in [6.45, 7) is 3.75. The summed E-state index contributed by atoms with van der Waals surface area (Å²) < 4.78 is 4.71. The predicted octanol–water partition coefficient (Wildman–Crippen LogP) is 0.671. The van der Waals surface area contributed by atoms with Crippen molar-refractivity contribution in [1.82, 2.24) is 5.32 Å². The first-order valence-corrected chi connectivity index (χ1v) is 7.44. The highest BCUT2D eigenvalue weighted by Crippen LogP contribution is 2.25. The highest BCUT2D eigenvalue weighted by Gasteiger charge is 2.28. The molecule has 0 unspecified atom stereocenters. The summed E-state index contributed by atoms with van der Waals surface area (Å²) in [5, 5.41) is 21.3. The van der Waals surface area contributed by atoms with Gasteiger partial charge in [-0.1, -0.05) is 26.3 Å². The van der Waals surface area contributed by atoms with E-state index in [1.165, 1.54) is 19.2 Å². The fraction of sp³-hybridized carbons (Fsp3) is 0.500. The van der Waals surface area contributed by atoms with Gasteiger partial charge in [-0.15, -0.1) is 0 Å². The van der Waals surface area contributed by atoms with Gasteiger partial charge in [-0.05, 0) is 30.0 Å². The summed E-state index contributed by atoms with van der Waals surface area (Å²) in [7, 11) is 1.27. The van der Waals surface area contributed by atoms with Gasteiger partial charge in [-0.2, -0.15) is 0 Å². The minimum atomic E-state index is -0.893. The topological polar surface area (TPSA) is 122 Å². The first-order valence-electron chi connectivity index (χ1n) is 7.44. The first-order chi connectivity index (χ1) is 10.8. The fourth-order valence-electron chi connectivity index (χ4n) is 2.10. The van der Waals surface area contributed by atoms with E-state index in [9.17, 15) is 19.8 Å². The van der Waals surface area contributed by atoms with E-state index in [-0.39, 0.29) is 23.8 Å². The van der Waals surface area contributed by atoms with E-state index in [1.54, 1.807) is 6.07 Å². The van der Waals surface area contributed by atoms with Gasteiger partial charge in [0.25, 0.3) is 0 Å². The Labute approximate surface area is 135 Å². The normalized spacial score (nSPS) is 14.6. The van der Waals surface area contributed by atoms with E-state index in [0.717, 1.165) is 0 Å². The van der Waals surface area contributed by atoms with E-state index < -0.39 is 24.0 Å². The second-order valence-corrected chi connectivity index (χ2v) is 5.53. The molecule has 1 aromatic rings. The van der Waals surface area contributed by atoms with Gasteiger partial charge in [0.15, 0.2) is 11.5 Å². The summed E-state index contributed by atoms with van der Waals surface area (Å²) >= 11 is 0. The van der Waals surface area contributed by atoms with Crippen LogP contribution in [0, 0.1) is 5.92 Å². The van der Waals surface area contributed by atoms with Crippen LogP contribution in [0.4, 0.5) is 0 Å². The maximum atomic E-state index is 12.2. The molecule has 1 aromatic carbocycles. The molecule has 0 bridgehead atoms. The van der Waals surface area contributed by atoms with Gasteiger partial charge in [0.2, 0.25) is 5.91 Å². The predicted molar refractivity (Wildman–Crippen MR) is 84.9 cm³/mol. The van der Waals surface area contributed by atoms with Crippen LogP contribution in [0.15, 0.2) is 18.2 Å². The van der Waals surface area contributed by atoms with Crippen molar-refractivity contribution in [3.05, 3.63) is 23.8 Å². The monoisotopic (exact) mass is 324 g/mol. The summed E-state index contributed by atoms with van der Waals surface area (Å²) in [6, 6.07) is 2.59. The van der Waals surface area contributed by atoms with Crippen LogP contribution in [-0.2, 0) is 20.7 Å². The highest BCUT2D eigenvalue weighted by molar-refractivity contribution is 5.87. The molecular weight excluding hydrogens is 300 g/mol. The standard InChI is InChI=1S/C16H24N2O5/c1-4-9(2)14(16(22)23-3)18-15(21)11(17)7-10-5-6-12(19)13(20)8-10/h5-6,8-9,11,14,19-20H,4,7,17H2,1-3H3,(H,18,21)/t9-,11-,14-/m0/s1. The van der Waals surface area contributed by atoms with E-state index in [4.69, 9.17) is 10.5 Å². The van der Waals surface area contributed by atoms with Crippen LogP contribution in [0.2, 0.25) is 0 Å². The molecule has 0 saturated carbocycles. The molecule has 0 fully saturated rings. The third kappa shape index (κ3) is 5.14. The summed E-state index contributed by atoms with van der Waals surface area (Å²) in [5.74, 6) is -1.59. The zero-order valence-corrected chi connectivity index (χ0v) is 13.6. The number of amides is 1. The molecule has 0 saturated heterocycles. The molecule has 5 N–H and O–H groups in total. The molecule has 0 aliphatic rings. The van der Waals surface area contributed by atoms with E-state index in [0.29, 0.717) is 12.0 Å². The second-order valence-electron chi connectivity index (χ2n) is 5.53. The zero-order chi connectivity index (χ0) is 17.6. The smallest absolute Gasteiger partial charge is 0.328 e. The second kappa shape index (κ2) is 8.38. The van der Waals surface area contributed by atoms with Gasteiger partial charge < -0.3 is 26.0 Å². The highest BCUT2D eigenvalue weighted by atomic mass is 16.5. The Morgan fingerprint density at radius 3 is 2.48 bits per heavy atom. The minimum Gasteiger partial charge on any atom is -0.504 e. The Kier molecular flexibility index (Phi) is 6.84. The third-order valence-electron chi connectivity index (χ3n) is 3.80. The number of nitrogens with one attached hydrogen (secondary N) is 1. The molecule has 128 valence electrons. The van der Waals surface area contributed by atoms with Crippen LogP contribution < -0.4 is 11.1 Å². The van der Waals surface area contributed by atoms with Crippen molar-refractivity contribution < 1.29 is 24.5 Å². The molecular formula is C16H24N2O5. The van der Waals surface area contributed by atoms with Crippen molar-refractivity contribution in [3.63, 3.8) is 0 Å². The van der Waals surface area contributed by atoms with Gasteiger partial charge in [-0.25, -0.2) is 4.79 Å². The lowest BCUT2D eigenvalue weighted by molar-refractivity contribution is -0.146. The number of hydrogen-bond acceptors (Lipinski definition) is 6. The molecule has 1 amide bonds. The number of methoxy groups -OCH3 is 1. The molecule has 0 aromatic heterocycles. The maximum Gasteiger partial charge on any atom is 0.328 e. The van der Waals surface area contributed by atoms with Crippen molar-refractivity contribution in [2.24, 2.45) is 11.7 Å². The zero-order valence-electron chi connectivity index (χ0n) is 13.6. The van der Waals surface area contributed by atoms with Gasteiger partial charge in [-0.3, -0.25) is 4.79 Å². The number of phenolic OH excluding ortho intramolecular Hbond substituents is 2. The Hall–Kier alpha value is -2.28. The van der Waals surface area contributed by atoms with Crippen molar-refractivity contribution >= 4 is 11.9 Å². The van der Waals surface area contributed by atoms with Gasteiger partial charge in [0, 0.05) is 0 Å². The number of carbonyl (C=O) groups excluding carboxylic acids is 2. The number of hydrogen-bond donors (Lipinski definition) is 4. The molecule has 0 spiro atoms. The van der Waals surface area contributed by atoms with Crippen molar-refractivity contribution in [2.45, 2.75) is 38.8 Å². The van der Waals surface area contributed by atoms with Crippen LogP contribution in [-0.4, -0.2) is 41.3 Å². The average Bonchev–Trinajstić information content (AvgIpc) is 2.54. The maximum absolute atomic E-state index is 12.2. The Morgan fingerprint density at radius 2 is 1.96 bits per heavy atom. The molecule has 0 aliphatic carbocycles. The lowest BCUT2D eigenvalue weighted by Crippen LogP contribution is -2.51. The quantitative estimate of drug-likeness (QED) is 0.432. The van der Waals surface area contributed by atoms with Gasteiger partial charge in [0.05, 0.1) is 13.2 Å². The fourth-order valence-corrected chi connectivity index (χ4v) is 2.10. The molecule has 3 atom stereocenters. The van der Waals surface area contributed by atoms with E-state index in [1.807, 2.05) is 13.8 Å². The molecule has 1 rings (SSSR count). The lowest BCUT2D eigenvalue weighted by Gasteiger charge is -2.23. The van der Waals surface area contributed by atoms with Crippen molar-refractivity contribution in [2.75, 3.05) is 7.11 Å². The Balaban J connectivity index is 2.74. The first kappa shape index (κ1) is 18.8. The average molecular weight is 324 g/mol. The van der Waals surface area contributed by atoms with E-state index >= 15 is 0 Å². The van der Waals surface area contributed by atoms with Crippen LogP contribution in [0.1, 0.15) is 25.8 Å². The van der Waals surface area contributed by atoms with Crippen LogP contribution in [0.25, 0.3) is 0 Å². The van der Waals surface area contributed by atoms with Crippen molar-refractivity contribution in [1.29, 1.82) is 0 Å². The molecule has 7 nitrogen and oxygen atoms in total. The number of nitrogens with two attached hydrogens (primary N) is 1.